The Balaban J connectivity index is 1.53. The summed E-state index contributed by atoms with van der Waals surface area (Å²) < 4.78 is 19.0. The van der Waals surface area contributed by atoms with Gasteiger partial charge in [-0.25, -0.2) is 0 Å². The summed E-state index contributed by atoms with van der Waals surface area (Å²) in [7, 11) is 1.63. The predicted molar refractivity (Wildman–Crippen MR) is 96.0 cm³/mol. The Morgan fingerprint density at radius 1 is 1.08 bits per heavy atom. The lowest BCUT2D eigenvalue weighted by molar-refractivity contribution is 0.0904. The van der Waals surface area contributed by atoms with Gasteiger partial charge >= 0.3 is 0 Å². The number of methoxy groups -OCH3 is 1. The van der Waals surface area contributed by atoms with Crippen LogP contribution in [0, 0.1) is 0 Å². The summed E-state index contributed by atoms with van der Waals surface area (Å²) in [6.07, 6.45) is -0.276. The number of para-hydroxylation sites is 3. The van der Waals surface area contributed by atoms with Crippen molar-refractivity contribution in [1.82, 2.24) is 19.8 Å². The van der Waals surface area contributed by atoms with E-state index in [1.54, 1.807) is 11.6 Å². The normalized spacial score (nSPS) is 16.0. The Kier molecular flexibility index (Phi) is 3.49. The second kappa shape index (κ2) is 5.99. The van der Waals surface area contributed by atoms with Gasteiger partial charge in [-0.3, -0.25) is 0 Å². The van der Waals surface area contributed by atoms with Crippen molar-refractivity contribution in [2.75, 3.05) is 13.7 Å². The molecule has 0 bridgehead atoms. The van der Waals surface area contributed by atoms with Gasteiger partial charge in [-0.2, -0.15) is 9.61 Å². The predicted octanol–water partition coefficient (Wildman–Crippen LogP) is 3.37. The summed E-state index contributed by atoms with van der Waals surface area (Å²) >= 11 is 1.44. The molecule has 2 aromatic carbocycles. The highest BCUT2D eigenvalue weighted by Gasteiger charge is 2.27. The minimum Gasteiger partial charge on any atom is -0.496 e. The zero-order valence-electron chi connectivity index (χ0n) is 13.8. The molecule has 0 radical (unpaired) electrons. The molecule has 26 heavy (non-hydrogen) atoms. The highest BCUT2D eigenvalue weighted by molar-refractivity contribution is 7.16. The molecule has 130 valence electrons. The molecule has 3 heterocycles. The number of hydrogen-bond acceptors (Lipinski definition) is 7. The molecule has 1 aliphatic rings. The standard InChI is InChI=1S/C18H14N4O3S/c1-23-12-7-3-2-6-11(12)16-19-20-18-22(16)21-17(26-18)15-10-24-13-8-4-5-9-14(13)25-15/h2-9,15H,10H2,1H3. The molecule has 0 saturated heterocycles. The Morgan fingerprint density at radius 2 is 1.88 bits per heavy atom. The molecule has 1 aliphatic heterocycles. The van der Waals surface area contributed by atoms with E-state index in [1.807, 2.05) is 48.5 Å². The first-order chi connectivity index (χ1) is 12.8. The maximum absolute atomic E-state index is 6.04. The first-order valence-corrected chi connectivity index (χ1v) is 8.89. The lowest BCUT2D eigenvalue weighted by Gasteiger charge is -2.24. The number of nitrogens with zero attached hydrogens (tertiary/aromatic N) is 4. The fourth-order valence-corrected chi connectivity index (χ4v) is 3.75. The van der Waals surface area contributed by atoms with Crippen molar-refractivity contribution in [3.63, 3.8) is 0 Å². The highest BCUT2D eigenvalue weighted by Crippen LogP contribution is 2.37. The van der Waals surface area contributed by atoms with Crippen molar-refractivity contribution < 1.29 is 14.2 Å². The molecular formula is C18H14N4O3S. The van der Waals surface area contributed by atoms with Crippen molar-refractivity contribution in [1.29, 1.82) is 0 Å². The van der Waals surface area contributed by atoms with Crippen LogP contribution in [0.2, 0.25) is 0 Å². The van der Waals surface area contributed by atoms with Gasteiger partial charge < -0.3 is 14.2 Å². The van der Waals surface area contributed by atoms with Crippen LogP contribution in [0.1, 0.15) is 11.1 Å². The zero-order chi connectivity index (χ0) is 17.5. The van der Waals surface area contributed by atoms with Crippen LogP contribution in [0.3, 0.4) is 0 Å². The smallest absolute Gasteiger partial charge is 0.235 e. The van der Waals surface area contributed by atoms with Crippen LogP contribution in [0.5, 0.6) is 17.2 Å². The average molecular weight is 366 g/mol. The monoisotopic (exact) mass is 366 g/mol. The minimum absolute atomic E-state index is 0.276. The third-order valence-electron chi connectivity index (χ3n) is 4.14. The summed E-state index contributed by atoms with van der Waals surface area (Å²) in [5.74, 6) is 2.83. The van der Waals surface area contributed by atoms with Gasteiger partial charge in [0, 0.05) is 0 Å². The summed E-state index contributed by atoms with van der Waals surface area (Å²) in [6.45, 7) is 0.408. The molecule has 4 aromatic rings. The van der Waals surface area contributed by atoms with Crippen LogP contribution in [0.25, 0.3) is 16.3 Å². The van der Waals surface area contributed by atoms with Gasteiger partial charge in [0.15, 0.2) is 28.4 Å². The maximum atomic E-state index is 6.04. The molecule has 0 fully saturated rings. The van der Waals surface area contributed by atoms with Gasteiger partial charge in [-0.05, 0) is 24.3 Å². The van der Waals surface area contributed by atoms with Crippen LogP contribution in [-0.2, 0) is 0 Å². The maximum Gasteiger partial charge on any atom is 0.235 e. The molecule has 0 amide bonds. The van der Waals surface area contributed by atoms with Crippen LogP contribution < -0.4 is 14.2 Å². The number of ether oxygens (including phenoxy) is 3. The molecule has 5 rings (SSSR count). The minimum atomic E-state index is -0.276. The molecule has 1 unspecified atom stereocenters. The molecule has 0 spiro atoms. The van der Waals surface area contributed by atoms with E-state index in [4.69, 9.17) is 14.2 Å². The quantitative estimate of drug-likeness (QED) is 0.554. The fraction of sp³-hybridized carbons (Fsp3) is 0.167. The summed E-state index contributed by atoms with van der Waals surface area (Å²) in [4.78, 5) is 0.698. The first-order valence-electron chi connectivity index (χ1n) is 8.07. The molecule has 2 aromatic heterocycles. The van der Waals surface area contributed by atoms with Gasteiger partial charge in [-0.15, -0.1) is 10.2 Å². The van der Waals surface area contributed by atoms with Gasteiger partial charge in [0.05, 0.1) is 12.7 Å². The number of fused-ring (bicyclic) bond motifs is 2. The van der Waals surface area contributed by atoms with Crippen molar-refractivity contribution in [2.45, 2.75) is 6.10 Å². The summed E-state index contributed by atoms with van der Waals surface area (Å²) in [5.41, 5.74) is 0.838. The lowest BCUT2D eigenvalue weighted by atomic mass is 10.2. The molecule has 0 aliphatic carbocycles. The molecule has 8 heteroatoms. The van der Waals surface area contributed by atoms with E-state index in [9.17, 15) is 0 Å². The Morgan fingerprint density at radius 3 is 2.77 bits per heavy atom. The van der Waals surface area contributed by atoms with E-state index in [0.29, 0.717) is 17.4 Å². The SMILES string of the molecule is COc1ccccc1-c1nnc2sc(C3COc4ccccc4O3)nn12. The van der Waals surface area contributed by atoms with Crippen molar-refractivity contribution in [3.05, 3.63) is 53.5 Å². The molecule has 0 N–H and O–H groups in total. The van der Waals surface area contributed by atoms with Crippen LogP contribution in [-0.4, -0.2) is 33.5 Å². The number of aromatic nitrogens is 4. The Hall–Kier alpha value is -3.13. The van der Waals surface area contributed by atoms with E-state index < -0.39 is 0 Å². The van der Waals surface area contributed by atoms with E-state index >= 15 is 0 Å². The third kappa shape index (κ3) is 2.38. The van der Waals surface area contributed by atoms with Gasteiger partial charge in [-0.1, -0.05) is 35.6 Å². The van der Waals surface area contributed by atoms with Crippen LogP contribution in [0.4, 0.5) is 0 Å². The highest BCUT2D eigenvalue weighted by atomic mass is 32.1. The zero-order valence-corrected chi connectivity index (χ0v) is 14.6. The van der Waals surface area contributed by atoms with Crippen LogP contribution >= 0.6 is 11.3 Å². The number of hydrogen-bond donors (Lipinski definition) is 0. The largest absolute Gasteiger partial charge is 0.496 e. The van der Waals surface area contributed by atoms with Crippen molar-refractivity contribution in [3.8, 4) is 28.6 Å². The van der Waals surface area contributed by atoms with Gasteiger partial charge in [0.2, 0.25) is 4.96 Å². The molecule has 1 atom stereocenters. The summed E-state index contributed by atoms with van der Waals surface area (Å²) in [6, 6.07) is 15.3. The number of rotatable bonds is 3. The average Bonchev–Trinajstić information content (AvgIpc) is 3.28. The first kappa shape index (κ1) is 15.2. The van der Waals surface area contributed by atoms with Gasteiger partial charge in [0.1, 0.15) is 12.4 Å². The van der Waals surface area contributed by atoms with Crippen molar-refractivity contribution >= 4 is 16.3 Å². The molecular weight excluding hydrogens is 352 g/mol. The third-order valence-corrected chi connectivity index (χ3v) is 5.13. The van der Waals surface area contributed by atoms with Crippen molar-refractivity contribution in [2.24, 2.45) is 0 Å². The topological polar surface area (TPSA) is 70.8 Å². The summed E-state index contributed by atoms with van der Waals surface area (Å²) in [5, 5.41) is 14.0. The number of benzene rings is 2. The fourth-order valence-electron chi connectivity index (χ4n) is 2.90. The van der Waals surface area contributed by atoms with E-state index in [0.717, 1.165) is 27.8 Å². The van der Waals surface area contributed by atoms with E-state index in [2.05, 4.69) is 15.3 Å². The van der Waals surface area contributed by atoms with Crippen LogP contribution in [0.15, 0.2) is 48.5 Å². The Labute approximate surface area is 152 Å². The molecule has 0 saturated carbocycles. The van der Waals surface area contributed by atoms with Gasteiger partial charge in [0.25, 0.3) is 0 Å². The van der Waals surface area contributed by atoms with E-state index in [1.165, 1.54) is 11.3 Å². The Bertz CT molecular complexity index is 1090. The second-order valence-electron chi connectivity index (χ2n) is 5.72. The van der Waals surface area contributed by atoms with E-state index in [-0.39, 0.29) is 6.10 Å². The second-order valence-corrected chi connectivity index (χ2v) is 6.71. The lowest BCUT2D eigenvalue weighted by Crippen LogP contribution is -2.21. The molecule has 7 nitrogen and oxygen atoms in total.